The molecule has 0 amide bonds. The van der Waals surface area contributed by atoms with Crippen LogP contribution in [0.5, 0.6) is 5.75 Å². The van der Waals surface area contributed by atoms with Gasteiger partial charge < -0.3 is 16.2 Å². The molecule has 0 heterocycles. The van der Waals surface area contributed by atoms with Gasteiger partial charge in [-0.2, -0.15) is 0 Å². The highest BCUT2D eigenvalue weighted by atomic mass is 16.5. The number of nitrogens with two attached hydrogens (primary N) is 2. The number of carbonyl (C=O) groups excluding carboxylic acids is 1. The first-order valence-corrected chi connectivity index (χ1v) is 7.98. The summed E-state index contributed by atoms with van der Waals surface area (Å²) in [6.07, 6.45) is 7.17. The zero-order valence-corrected chi connectivity index (χ0v) is 12.8. The SMILES string of the molecule is Nc1cc(OCC2CC2)c(N)cc1C=NC1CCC(=O)CC1. The van der Waals surface area contributed by atoms with Crippen molar-refractivity contribution in [3.63, 3.8) is 0 Å². The van der Waals surface area contributed by atoms with Crippen molar-refractivity contribution in [2.45, 2.75) is 44.6 Å². The molecule has 0 spiro atoms. The predicted molar refractivity (Wildman–Crippen MR) is 88.3 cm³/mol. The van der Waals surface area contributed by atoms with Crippen LogP contribution in [0.1, 0.15) is 44.1 Å². The Labute approximate surface area is 130 Å². The molecule has 0 radical (unpaired) electrons. The first-order chi connectivity index (χ1) is 10.6. The van der Waals surface area contributed by atoms with Crippen molar-refractivity contribution < 1.29 is 9.53 Å². The van der Waals surface area contributed by atoms with Crippen molar-refractivity contribution in [2.75, 3.05) is 18.1 Å². The molecule has 4 N–H and O–H groups in total. The molecule has 2 aliphatic carbocycles. The fraction of sp³-hybridized carbons (Fsp3) is 0.529. The number of ketones is 1. The van der Waals surface area contributed by atoms with E-state index < -0.39 is 0 Å². The van der Waals surface area contributed by atoms with Gasteiger partial charge in [-0.05, 0) is 37.7 Å². The molecule has 118 valence electrons. The lowest BCUT2D eigenvalue weighted by atomic mass is 9.95. The van der Waals surface area contributed by atoms with Crippen LogP contribution < -0.4 is 16.2 Å². The molecule has 2 saturated carbocycles. The maximum absolute atomic E-state index is 11.2. The quantitative estimate of drug-likeness (QED) is 0.646. The van der Waals surface area contributed by atoms with E-state index in [9.17, 15) is 4.79 Å². The molecule has 0 unspecified atom stereocenters. The number of nitrogens with zero attached hydrogens (tertiary/aromatic N) is 1. The predicted octanol–water partition coefficient (Wildman–Crippen LogP) is 2.57. The number of aliphatic imine (C=N–C) groups is 1. The molecule has 3 rings (SSSR count). The largest absolute Gasteiger partial charge is 0.491 e. The van der Waals surface area contributed by atoms with Crippen LogP contribution in [0, 0.1) is 5.92 Å². The molecule has 0 bridgehead atoms. The molecule has 2 aliphatic rings. The normalized spacial score (nSPS) is 19.7. The fourth-order valence-electron chi connectivity index (χ4n) is 2.62. The van der Waals surface area contributed by atoms with Gasteiger partial charge in [0.05, 0.1) is 18.3 Å². The van der Waals surface area contributed by atoms with Crippen molar-refractivity contribution in [1.82, 2.24) is 0 Å². The number of ether oxygens (including phenoxy) is 1. The summed E-state index contributed by atoms with van der Waals surface area (Å²) >= 11 is 0. The van der Waals surface area contributed by atoms with Crippen LogP contribution in [-0.2, 0) is 4.79 Å². The maximum atomic E-state index is 11.2. The first kappa shape index (κ1) is 14.9. The second-order valence-corrected chi connectivity index (χ2v) is 6.32. The van der Waals surface area contributed by atoms with E-state index in [4.69, 9.17) is 16.2 Å². The van der Waals surface area contributed by atoms with Crippen LogP contribution in [-0.4, -0.2) is 24.6 Å². The van der Waals surface area contributed by atoms with E-state index in [1.54, 1.807) is 12.3 Å². The minimum atomic E-state index is 0.212. The minimum Gasteiger partial charge on any atom is -0.491 e. The molecule has 0 saturated heterocycles. The summed E-state index contributed by atoms with van der Waals surface area (Å²) < 4.78 is 5.72. The van der Waals surface area contributed by atoms with Crippen LogP contribution in [0.15, 0.2) is 17.1 Å². The van der Waals surface area contributed by atoms with Crippen LogP contribution in [0.2, 0.25) is 0 Å². The van der Waals surface area contributed by atoms with Gasteiger partial charge in [-0.1, -0.05) is 0 Å². The number of rotatable bonds is 5. The Morgan fingerprint density at radius 3 is 2.55 bits per heavy atom. The van der Waals surface area contributed by atoms with Crippen LogP contribution in [0.25, 0.3) is 0 Å². The van der Waals surface area contributed by atoms with E-state index in [1.807, 2.05) is 6.07 Å². The standard InChI is InChI=1S/C17H23N3O2/c18-15-8-17(22-10-11-1-2-11)16(19)7-12(15)9-20-13-3-5-14(21)6-4-13/h7-9,11,13H,1-6,10,18-19H2. The van der Waals surface area contributed by atoms with E-state index in [1.165, 1.54) is 12.8 Å². The van der Waals surface area contributed by atoms with Gasteiger partial charge in [0.2, 0.25) is 0 Å². The first-order valence-electron chi connectivity index (χ1n) is 7.98. The molecule has 2 fully saturated rings. The van der Waals surface area contributed by atoms with Gasteiger partial charge >= 0.3 is 0 Å². The van der Waals surface area contributed by atoms with Crippen LogP contribution in [0.4, 0.5) is 11.4 Å². The van der Waals surface area contributed by atoms with Crippen molar-refractivity contribution in [2.24, 2.45) is 10.9 Å². The highest BCUT2D eigenvalue weighted by Crippen LogP contribution is 2.32. The Bertz CT molecular complexity index is 584. The Morgan fingerprint density at radius 1 is 1.14 bits per heavy atom. The lowest BCUT2D eigenvalue weighted by molar-refractivity contribution is -0.120. The van der Waals surface area contributed by atoms with E-state index in [2.05, 4.69) is 4.99 Å². The molecule has 5 heteroatoms. The molecule has 0 atom stereocenters. The summed E-state index contributed by atoms with van der Waals surface area (Å²) in [5.41, 5.74) is 14.1. The molecule has 0 aromatic heterocycles. The number of Topliss-reactive ketones (excluding diaryl/α,β-unsaturated/α-hetero) is 1. The van der Waals surface area contributed by atoms with Gasteiger partial charge in [0.15, 0.2) is 0 Å². The Morgan fingerprint density at radius 2 is 1.86 bits per heavy atom. The lowest BCUT2D eigenvalue weighted by Crippen LogP contribution is -2.16. The zero-order chi connectivity index (χ0) is 15.5. The average Bonchev–Trinajstić information content (AvgIpc) is 3.32. The number of anilines is 2. The topological polar surface area (TPSA) is 90.7 Å². The Hall–Kier alpha value is -2.04. The molecular weight excluding hydrogens is 278 g/mol. The minimum absolute atomic E-state index is 0.212. The van der Waals surface area contributed by atoms with Gasteiger partial charge in [0.1, 0.15) is 11.5 Å². The third-order valence-electron chi connectivity index (χ3n) is 4.32. The smallest absolute Gasteiger partial charge is 0.144 e. The monoisotopic (exact) mass is 301 g/mol. The van der Waals surface area contributed by atoms with Gasteiger partial charge in [0, 0.05) is 36.4 Å². The molecular formula is C17H23N3O2. The zero-order valence-electron chi connectivity index (χ0n) is 12.8. The summed E-state index contributed by atoms with van der Waals surface area (Å²) in [6, 6.07) is 3.81. The van der Waals surface area contributed by atoms with Crippen molar-refractivity contribution in [1.29, 1.82) is 0 Å². The highest BCUT2D eigenvalue weighted by Gasteiger charge is 2.22. The summed E-state index contributed by atoms with van der Waals surface area (Å²) in [7, 11) is 0. The summed E-state index contributed by atoms with van der Waals surface area (Å²) in [4.78, 5) is 15.8. The van der Waals surface area contributed by atoms with Crippen molar-refractivity contribution >= 4 is 23.4 Å². The van der Waals surface area contributed by atoms with Gasteiger partial charge in [-0.25, -0.2) is 0 Å². The van der Waals surface area contributed by atoms with Gasteiger partial charge in [-0.15, -0.1) is 0 Å². The number of benzene rings is 1. The molecule has 1 aromatic carbocycles. The molecule has 0 aliphatic heterocycles. The summed E-state index contributed by atoms with van der Waals surface area (Å²) in [5.74, 6) is 1.67. The van der Waals surface area contributed by atoms with Gasteiger partial charge in [-0.3, -0.25) is 9.79 Å². The molecule has 22 heavy (non-hydrogen) atoms. The van der Waals surface area contributed by atoms with Crippen LogP contribution in [0.3, 0.4) is 0 Å². The third kappa shape index (κ3) is 3.78. The average molecular weight is 301 g/mol. The third-order valence-corrected chi connectivity index (χ3v) is 4.32. The van der Waals surface area contributed by atoms with E-state index in [0.29, 0.717) is 48.3 Å². The Kier molecular flexibility index (Phi) is 4.32. The van der Waals surface area contributed by atoms with Gasteiger partial charge in [0.25, 0.3) is 0 Å². The van der Waals surface area contributed by atoms with E-state index in [0.717, 1.165) is 18.4 Å². The molecule has 1 aromatic rings. The summed E-state index contributed by atoms with van der Waals surface area (Å²) in [5, 5.41) is 0. The second kappa shape index (κ2) is 6.38. The lowest BCUT2D eigenvalue weighted by Gasteiger charge is -2.17. The van der Waals surface area contributed by atoms with Crippen molar-refractivity contribution in [3.05, 3.63) is 17.7 Å². The fourth-order valence-corrected chi connectivity index (χ4v) is 2.62. The summed E-state index contributed by atoms with van der Waals surface area (Å²) in [6.45, 7) is 0.715. The second-order valence-electron chi connectivity index (χ2n) is 6.32. The number of hydrogen-bond donors (Lipinski definition) is 2. The molecule has 5 nitrogen and oxygen atoms in total. The number of hydrogen-bond acceptors (Lipinski definition) is 5. The maximum Gasteiger partial charge on any atom is 0.144 e. The van der Waals surface area contributed by atoms with Crippen molar-refractivity contribution in [3.8, 4) is 5.75 Å². The van der Waals surface area contributed by atoms with E-state index in [-0.39, 0.29) is 6.04 Å². The number of carbonyl (C=O) groups is 1. The highest BCUT2D eigenvalue weighted by molar-refractivity contribution is 5.90. The Balaban J connectivity index is 1.65. The van der Waals surface area contributed by atoms with E-state index >= 15 is 0 Å². The number of nitrogen functional groups attached to an aromatic ring is 2. The van der Waals surface area contributed by atoms with Crippen LogP contribution >= 0.6 is 0 Å².